The van der Waals surface area contributed by atoms with Crippen LogP contribution in [-0.2, 0) is 10.3 Å². The Bertz CT molecular complexity index is 323. The van der Waals surface area contributed by atoms with Gasteiger partial charge in [0.05, 0.1) is 5.69 Å². The van der Waals surface area contributed by atoms with E-state index in [1.54, 1.807) is 11.3 Å². The lowest BCUT2D eigenvalue weighted by molar-refractivity contribution is -0.0325. The summed E-state index contributed by atoms with van der Waals surface area (Å²) in [4.78, 5) is 4.74. The Morgan fingerprint density at radius 3 is 2.62 bits per heavy atom. The quantitative estimate of drug-likeness (QED) is 0.740. The predicted octanol–water partition coefficient (Wildman–Crippen LogP) is 4.32. The fraction of sp³-hybridized carbons (Fsp3) is 0.769. The van der Waals surface area contributed by atoms with Crippen molar-refractivity contribution >= 4 is 11.3 Å². The van der Waals surface area contributed by atoms with E-state index in [0.29, 0.717) is 5.92 Å². The molecule has 0 spiro atoms. The molecule has 1 aromatic rings. The van der Waals surface area contributed by atoms with E-state index in [2.05, 4.69) is 33.1 Å². The second kappa shape index (κ2) is 5.78. The number of hydrogen-bond donors (Lipinski definition) is 0. The Morgan fingerprint density at radius 1 is 1.44 bits per heavy atom. The average molecular weight is 241 g/mol. The smallest absolute Gasteiger partial charge is 0.125 e. The summed E-state index contributed by atoms with van der Waals surface area (Å²) in [6.45, 7) is 11.5. The van der Waals surface area contributed by atoms with Crippen LogP contribution >= 0.6 is 11.3 Å². The molecule has 92 valence electrons. The largest absolute Gasteiger partial charge is 0.368 e. The summed E-state index contributed by atoms with van der Waals surface area (Å²) < 4.78 is 5.84. The summed E-state index contributed by atoms with van der Waals surface area (Å²) in [5, 5.41) is 3.29. The van der Waals surface area contributed by atoms with Crippen LogP contribution < -0.4 is 0 Å². The zero-order chi connectivity index (χ0) is 12.2. The molecule has 2 atom stereocenters. The minimum absolute atomic E-state index is 0.203. The summed E-state index contributed by atoms with van der Waals surface area (Å²) in [5.74, 6) is 0.549. The fourth-order valence-corrected chi connectivity index (χ4v) is 2.73. The van der Waals surface area contributed by atoms with Crippen LogP contribution in [0.15, 0.2) is 5.38 Å². The second-order valence-electron chi connectivity index (χ2n) is 4.40. The number of hydrogen-bond acceptors (Lipinski definition) is 3. The Balaban J connectivity index is 2.90. The number of thiazole rings is 1. The monoisotopic (exact) mass is 241 g/mol. The van der Waals surface area contributed by atoms with E-state index in [-0.39, 0.29) is 5.60 Å². The molecule has 1 rings (SSSR count). The molecule has 0 saturated carbocycles. The molecule has 0 aliphatic rings. The van der Waals surface area contributed by atoms with Crippen molar-refractivity contribution in [2.24, 2.45) is 0 Å². The first-order valence-electron chi connectivity index (χ1n) is 6.17. The molecule has 0 aliphatic heterocycles. The molecule has 16 heavy (non-hydrogen) atoms. The maximum atomic E-state index is 5.84. The SMILES string of the molecule is CCOC(C)(CC)c1nc(C(C)CC)cs1. The van der Waals surface area contributed by atoms with Crippen LogP contribution in [0.5, 0.6) is 0 Å². The molecule has 1 heterocycles. The average Bonchev–Trinajstić information content (AvgIpc) is 2.78. The van der Waals surface area contributed by atoms with Gasteiger partial charge in [-0.2, -0.15) is 0 Å². The predicted molar refractivity (Wildman–Crippen MR) is 70.1 cm³/mol. The lowest BCUT2D eigenvalue weighted by atomic mass is 10.0. The van der Waals surface area contributed by atoms with Gasteiger partial charge in [-0.15, -0.1) is 11.3 Å². The number of nitrogens with zero attached hydrogens (tertiary/aromatic N) is 1. The molecule has 0 fully saturated rings. The van der Waals surface area contributed by atoms with Crippen molar-refractivity contribution in [3.05, 3.63) is 16.1 Å². The van der Waals surface area contributed by atoms with Crippen LogP contribution in [0.3, 0.4) is 0 Å². The molecular formula is C13H23NOS. The number of aromatic nitrogens is 1. The van der Waals surface area contributed by atoms with Gasteiger partial charge in [0, 0.05) is 12.0 Å². The van der Waals surface area contributed by atoms with Gasteiger partial charge in [-0.3, -0.25) is 0 Å². The first-order chi connectivity index (χ1) is 7.57. The molecule has 0 aliphatic carbocycles. The van der Waals surface area contributed by atoms with Crippen molar-refractivity contribution < 1.29 is 4.74 Å². The van der Waals surface area contributed by atoms with E-state index in [1.807, 2.05) is 6.92 Å². The van der Waals surface area contributed by atoms with Crippen LogP contribution in [0, 0.1) is 0 Å². The molecule has 2 nitrogen and oxygen atoms in total. The summed E-state index contributed by atoms with van der Waals surface area (Å²) in [6, 6.07) is 0. The summed E-state index contributed by atoms with van der Waals surface area (Å²) in [5.41, 5.74) is 1.01. The first kappa shape index (κ1) is 13.7. The highest BCUT2D eigenvalue weighted by Crippen LogP contribution is 2.33. The van der Waals surface area contributed by atoms with E-state index in [9.17, 15) is 0 Å². The lowest BCUT2D eigenvalue weighted by Crippen LogP contribution is -2.24. The Kier molecular flexibility index (Phi) is 4.93. The normalized spacial score (nSPS) is 17.1. The topological polar surface area (TPSA) is 22.1 Å². The van der Waals surface area contributed by atoms with Crippen molar-refractivity contribution in [3.63, 3.8) is 0 Å². The third-order valence-corrected chi connectivity index (χ3v) is 4.33. The summed E-state index contributed by atoms with van der Waals surface area (Å²) in [7, 11) is 0. The van der Waals surface area contributed by atoms with Gasteiger partial charge in [-0.05, 0) is 32.6 Å². The molecule has 1 aromatic heterocycles. The molecule has 0 N–H and O–H groups in total. The lowest BCUT2D eigenvalue weighted by Gasteiger charge is -2.25. The molecule has 0 saturated heterocycles. The number of rotatable bonds is 6. The maximum Gasteiger partial charge on any atom is 0.125 e. The minimum Gasteiger partial charge on any atom is -0.368 e. The standard InChI is InChI=1S/C13H23NOS/c1-6-10(4)11-9-16-12(14-11)13(5,7-2)15-8-3/h9-10H,6-8H2,1-5H3. The molecule has 0 bridgehead atoms. The number of ether oxygens (including phenoxy) is 1. The van der Waals surface area contributed by atoms with E-state index < -0.39 is 0 Å². The van der Waals surface area contributed by atoms with Gasteiger partial charge in [-0.25, -0.2) is 4.98 Å². The Morgan fingerprint density at radius 2 is 2.12 bits per heavy atom. The third-order valence-electron chi connectivity index (χ3n) is 3.23. The molecule has 0 amide bonds. The van der Waals surface area contributed by atoms with E-state index >= 15 is 0 Å². The molecule has 0 radical (unpaired) electrons. The van der Waals surface area contributed by atoms with Gasteiger partial charge in [-0.1, -0.05) is 20.8 Å². The minimum atomic E-state index is -0.203. The van der Waals surface area contributed by atoms with E-state index in [0.717, 1.165) is 24.5 Å². The van der Waals surface area contributed by atoms with Crippen molar-refractivity contribution in [2.75, 3.05) is 6.61 Å². The van der Waals surface area contributed by atoms with Crippen molar-refractivity contribution in [2.45, 2.75) is 59.0 Å². The molecular weight excluding hydrogens is 218 g/mol. The fourth-order valence-electron chi connectivity index (χ4n) is 1.60. The third kappa shape index (κ3) is 2.83. The van der Waals surface area contributed by atoms with Crippen LogP contribution in [0.2, 0.25) is 0 Å². The van der Waals surface area contributed by atoms with Crippen molar-refractivity contribution in [1.82, 2.24) is 4.98 Å². The summed E-state index contributed by atoms with van der Waals surface area (Å²) >= 11 is 1.73. The van der Waals surface area contributed by atoms with Gasteiger partial charge >= 0.3 is 0 Å². The van der Waals surface area contributed by atoms with Crippen LogP contribution in [0.1, 0.15) is 64.1 Å². The van der Waals surface area contributed by atoms with Crippen molar-refractivity contribution in [3.8, 4) is 0 Å². The van der Waals surface area contributed by atoms with E-state index in [1.165, 1.54) is 5.69 Å². The zero-order valence-electron chi connectivity index (χ0n) is 11.0. The van der Waals surface area contributed by atoms with Crippen LogP contribution in [0.25, 0.3) is 0 Å². The Hall–Kier alpha value is -0.410. The molecule has 0 aromatic carbocycles. The van der Waals surface area contributed by atoms with Gasteiger partial charge in [0.25, 0.3) is 0 Å². The van der Waals surface area contributed by atoms with E-state index in [4.69, 9.17) is 9.72 Å². The van der Waals surface area contributed by atoms with Gasteiger partial charge < -0.3 is 4.74 Å². The highest BCUT2D eigenvalue weighted by atomic mass is 32.1. The highest BCUT2D eigenvalue weighted by Gasteiger charge is 2.28. The maximum absolute atomic E-state index is 5.84. The second-order valence-corrected chi connectivity index (χ2v) is 5.26. The van der Waals surface area contributed by atoms with Gasteiger partial charge in [0.15, 0.2) is 0 Å². The summed E-state index contributed by atoms with van der Waals surface area (Å²) in [6.07, 6.45) is 2.11. The van der Waals surface area contributed by atoms with Crippen LogP contribution in [-0.4, -0.2) is 11.6 Å². The first-order valence-corrected chi connectivity index (χ1v) is 7.05. The highest BCUT2D eigenvalue weighted by molar-refractivity contribution is 7.09. The van der Waals surface area contributed by atoms with Gasteiger partial charge in [0.1, 0.15) is 10.6 Å². The molecule has 3 heteroatoms. The molecule has 2 unspecified atom stereocenters. The van der Waals surface area contributed by atoms with Crippen molar-refractivity contribution in [1.29, 1.82) is 0 Å². The van der Waals surface area contributed by atoms with Crippen LogP contribution in [0.4, 0.5) is 0 Å². The zero-order valence-corrected chi connectivity index (χ0v) is 11.9. The Labute approximate surface area is 103 Å². The van der Waals surface area contributed by atoms with Gasteiger partial charge in [0.2, 0.25) is 0 Å².